The smallest absolute Gasteiger partial charge is 0.225 e. The Balaban J connectivity index is 1.79. The number of nitrogens with one attached hydrogen (secondary N) is 1. The van der Waals surface area contributed by atoms with Crippen LogP contribution in [0.25, 0.3) is 0 Å². The number of rotatable bonds is 5. The van der Waals surface area contributed by atoms with E-state index in [2.05, 4.69) is 5.32 Å². The third kappa shape index (κ3) is 3.49. The van der Waals surface area contributed by atoms with Gasteiger partial charge in [-0.3, -0.25) is 9.59 Å². The number of likely N-dealkylation sites (tertiary alicyclic amines) is 1. The fourth-order valence-electron chi connectivity index (χ4n) is 3.22. The molecule has 0 bridgehead atoms. The van der Waals surface area contributed by atoms with Crippen molar-refractivity contribution in [1.82, 2.24) is 10.2 Å². The standard InChI is InChI=1S/C18H24N2O3/c1-3-17(21)20-10-15(12-4-8-14(23-2)9-5-12)16(11-20)18(22)19-13-6-7-13/h4-5,8-9,13,15-16H,3,6-7,10-11H2,1-2H3,(H,19,22). The molecule has 3 rings (SSSR count). The molecule has 2 amide bonds. The number of amides is 2. The fourth-order valence-corrected chi connectivity index (χ4v) is 3.22. The third-order valence-electron chi connectivity index (χ3n) is 4.78. The fraction of sp³-hybridized carbons (Fsp3) is 0.556. The minimum absolute atomic E-state index is 0.0511. The molecule has 0 spiro atoms. The average Bonchev–Trinajstić information content (AvgIpc) is 3.28. The first-order valence-corrected chi connectivity index (χ1v) is 8.34. The maximum Gasteiger partial charge on any atom is 0.225 e. The molecule has 1 aromatic rings. The molecule has 5 heteroatoms. The van der Waals surface area contributed by atoms with Crippen molar-refractivity contribution in [2.45, 2.75) is 38.1 Å². The summed E-state index contributed by atoms with van der Waals surface area (Å²) in [7, 11) is 1.64. The molecule has 23 heavy (non-hydrogen) atoms. The van der Waals surface area contributed by atoms with Gasteiger partial charge in [-0.1, -0.05) is 19.1 Å². The first kappa shape index (κ1) is 15.8. The summed E-state index contributed by atoms with van der Waals surface area (Å²) >= 11 is 0. The summed E-state index contributed by atoms with van der Waals surface area (Å²) in [6.45, 7) is 2.99. The molecule has 2 fully saturated rings. The van der Waals surface area contributed by atoms with Gasteiger partial charge in [-0.15, -0.1) is 0 Å². The maximum absolute atomic E-state index is 12.6. The van der Waals surface area contributed by atoms with Crippen molar-refractivity contribution >= 4 is 11.8 Å². The van der Waals surface area contributed by atoms with Gasteiger partial charge in [0.25, 0.3) is 0 Å². The summed E-state index contributed by atoms with van der Waals surface area (Å²) < 4.78 is 5.20. The number of ether oxygens (including phenoxy) is 1. The van der Waals surface area contributed by atoms with E-state index in [4.69, 9.17) is 4.74 Å². The Morgan fingerprint density at radius 3 is 2.48 bits per heavy atom. The van der Waals surface area contributed by atoms with Crippen molar-refractivity contribution in [1.29, 1.82) is 0 Å². The van der Waals surface area contributed by atoms with Crippen molar-refractivity contribution < 1.29 is 14.3 Å². The topological polar surface area (TPSA) is 58.6 Å². The zero-order chi connectivity index (χ0) is 16.4. The van der Waals surface area contributed by atoms with Crippen LogP contribution in [-0.2, 0) is 9.59 Å². The lowest BCUT2D eigenvalue weighted by Gasteiger charge is -2.18. The largest absolute Gasteiger partial charge is 0.497 e. The summed E-state index contributed by atoms with van der Waals surface area (Å²) in [6, 6.07) is 8.17. The molecule has 5 nitrogen and oxygen atoms in total. The van der Waals surface area contributed by atoms with Gasteiger partial charge in [0.15, 0.2) is 0 Å². The second kappa shape index (κ2) is 6.60. The molecule has 1 N–H and O–H groups in total. The number of nitrogens with zero attached hydrogens (tertiary/aromatic N) is 1. The van der Waals surface area contributed by atoms with Gasteiger partial charge in [-0.2, -0.15) is 0 Å². The van der Waals surface area contributed by atoms with Gasteiger partial charge in [0.1, 0.15) is 5.75 Å². The Morgan fingerprint density at radius 1 is 1.22 bits per heavy atom. The van der Waals surface area contributed by atoms with Crippen LogP contribution < -0.4 is 10.1 Å². The predicted molar refractivity (Wildman–Crippen MR) is 87.3 cm³/mol. The zero-order valence-corrected chi connectivity index (χ0v) is 13.7. The maximum atomic E-state index is 12.6. The van der Waals surface area contributed by atoms with E-state index in [1.165, 1.54) is 0 Å². The molecule has 2 atom stereocenters. The predicted octanol–water partition coefficient (Wildman–Crippen LogP) is 1.93. The summed E-state index contributed by atoms with van der Waals surface area (Å²) in [5.74, 6) is 0.881. The first-order chi connectivity index (χ1) is 11.1. The number of carbonyl (C=O) groups is 2. The lowest BCUT2D eigenvalue weighted by molar-refractivity contribution is -0.130. The molecule has 1 heterocycles. The van der Waals surface area contributed by atoms with Crippen LogP contribution in [0.4, 0.5) is 0 Å². The number of hydrogen-bond donors (Lipinski definition) is 1. The number of carbonyl (C=O) groups excluding carboxylic acids is 2. The van der Waals surface area contributed by atoms with Crippen molar-refractivity contribution in [3.8, 4) is 5.75 Å². The molecule has 1 saturated heterocycles. The van der Waals surface area contributed by atoms with Crippen LogP contribution in [0.1, 0.15) is 37.7 Å². The van der Waals surface area contributed by atoms with Gasteiger partial charge in [0, 0.05) is 31.5 Å². The van der Waals surface area contributed by atoms with Gasteiger partial charge in [0.05, 0.1) is 13.0 Å². The molecule has 2 unspecified atom stereocenters. The summed E-state index contributed by atoms with van der Waals surface area (Å²) in [4.78, 5) is 26.5. The van der Waals surface area contributed by atoms with E-state index in [9.17, 15) is 9.59 Å². The van der Waals surface area contributed by atoms with Gasteiger partial charge in [0.2, 0.25) is 11.8 Å². The Labute approximate surface area is 137 Å². The SMILES string of the molecule is CCC(=O)N1CC(C(=O)NC2CC2)C(c2ccc(OC)cc2)C1. The van der Waals surface area contributed by atoms with Crippen molar-refractivity contribution in [3.63, 3.8) is 0 Å². The van der Waals surface area contributed by atoms with E-state index in [-0.39, 0.29) is 23.7 Å². The third-order valence-corrected chi connectivity index (χ3v) is 4.78. The van der Waals surface area contributed by atoms with Crippen molar-refractivity contribution in [3.05, 3.63) is 29.8 Å². The van der Waals surface area contributed by atoms with Crippen LogP contribution in [0.2, 0.25) is 0 Å². The molecule has 1 aliphatic carbocycles. The van der Waals surface area contributed by atoms with Crippen LogP contribution in [0.15, 0.2) is 24.3 Å². The molecular formula is C18H24N2O3. The highest BCUT2D eigenvalue weighted by molar-refractivity contribution is 5.83. The highest BCUT2D eigenvalue weighted by atomic mass is 16.5. The Kier molecular flexibility index (Phi) is 4.55. The molecule has 124 valence electrons. The molecule has 1 saturated carbocycles. The number of methoxy groups -OCH3 is 1. The van der Waals surface area contributed by atoms with E-state index in [1.807, 2.05) is 36.1 Å². The molecule has 1 aliphatic heterocycles. The van der Waals surface area contributed by atoms with Crippen molar-refractivity contribution in [2.75, 3.05) is 20.2 Å². The average molecular weight is 316 g/mol. The number of benzene rings is 1. The zero-order valence-electron chi connectivity index (χ0n) is 13.7. The van der Waals surface area contributed by atoms with Crippen LogP contribution in [0.5, 0.6) is 5.75 Å². The Morgan fingerprint density at radius 2 is 1.91 bits per heavy atom. The minimum Gasteiger partial charge on any atom is -0.497 e. The van der Waals surface area contributed by atoms with Gasteiger partial charge >= 0.3 is 0 Å². The monoisotopic (exact) mass is 316 g/mol. The molecule has 2 aliphatic rings. The molecular weight excluding hydrogens is 292 g/mol. The quantitative estimate of drug-likeness (QED) is 0.903. The van der Waals surface area contributed by atoms with E-state index in [0.717, 1.165) is 24.2 Å². The highest BCUT2D eigenvalue weighted by Crippen LogP contribution is 2.34. The lowest BCUT2D eigenvalue weighted by Crippen LogP contribution is -2.36. The van der Waals surface area contributed by atoms with Gasteiger partial charge in [-0.05, 0) is 30.5 Å². The van der Waals surface area contributed by atoms with E-state index < -0.39 is 0 Å². The van der Waals surface area contributed by atoms with Gasteiger partial charge in [-0.25, -0.2) is 0 Å². The van der Waals surface area contributed by atoms with Gasteiger partial charge < -0.3 is 15.0 Å². The van der Waals surface area contributed by atoms with Crippen LogP contribution >= 0.6 is 0 Å². The lowest BCUT2D eigenvalue weighted by atomic mass is 9.88. The van der Waals surface area contributed by atoms with E-state index in [0.29, 0.717) is 25.6 Å². The van der Waals surface area contributed by atoms with Crippen molar-refractivity contribution in [2.24, 2.45) is 5.92 Å². The first-order valence-electron chi connectivity index (χ1n) is 8.34. The van der Waals surface area contributed by atoms with Crippen LogP contribution in [0, 0.1) is 5.92 Å². The van der Waals surface area contributed by atoms with Crippen LogP contribution in [-0.4, -0.2) is 43.0 Å². The molecule has 0 aromatic heterocycles. The second-order valence-electron chi connectivity index (χ2n) is 6.42. The normalized spacial score (nSPS) is 23.7. The Bertz CT molecular complexity index is 580. The van der Waals surface area contributed by atoms with E-state index in [1.54, 1.807) is 7.11 Å². The van der Waals surface area contributed by atoms with E-state index >= 15 is 0 Å². The number of hydrogen-bond acceptors (Lipinski definition) is 3. The minimum atomic E-state index is -0.167. The van der Waals surface area contributed by atoms with Crippen LogP contribution in [0.3, 0.4) is 0 Å². The highest BCUT2D eigenvalue weighted by Gasteiger charge is 2.41. The molecule has 1 aromatic carbocycles. The Hall–Kier alpha value is -2.04. The summed E-state index contributed by atoms with van der Waals surface area (Å²) in [6.07, 6.45) is 2.62. The summed E-state index contributed by atoms with van der Waals surface area (Å²) in [5.41, 5.74) is 1.09. The molecule has 0 radical (unpaired) electrons. The summed E-state index contributed by atoms with van der Waals surface area (Å²) in [5, 5.41) is 3.09. The second-order valence-corrected chi connectivity index (χ2v) is 6.42.